The van der Waals surface area contributed by atoms with Crippen LogP contribution in [0.15, 0.2) is 53.5 Å². The molecule has 2 aromatic rings. The second-order valence-corrected chi connectivity index (χ2v) is 9.97. The number of aliphatic imine (C=N–C) groups is 1. The second kappa shape index (κ2) is 8.02. The number of carbonyl (C=O) groups is 1. The zero-order chi connectivity index (χ0) is 20.6. The maximum Gasteiger partial charge on any atom is 0.308 e. The number of carbonyl (C=O) groups excluding carboxylic acids is 1. The number of hydrogen-bond acceptors (Lipinski definition) is 3. The Morgan fingerprint density at radius 3 is 2.10 bits per heavy atom. The van der Waals surface area contributed by atoms with Crippen LogP contribution in [-0.2, 0) is 4.79 Å². The van der Waals surface area contributed by atoms with E-state index in [0.717, 1.165) is 41.0 Å². The van der Waals surface area contributed by atoms with Gasteiger partial charge in [-0.15, -0.1) is 0 Å². The molecule has 156 valence electrons. The third kappa shape index (κ3) is 4.21. The van der Waals surface area contributed by atoms with Crippen molar-refractivity contribution in [1.29, 1.82) is 0 Å². The number of hydrogen-bond donors (Lipinski definition) is 0. The SMILES string of the molecule is CC(=O)Oc1ccc(-c2ccc(C=NCC34CC5CCC(CC(C5)C3)C4)cc2)cc1. The Bertz CT molecular complexity index is 912. The first kappa shape index (κ1) is 19.5. The van der Waals surface area contributed by atoms with Crippen LogP contribution in [0.2, 0.25) is 0 Å². The molecule has 2 unspecified atom stereocenters. The van der Waals surface area contributed by atoms with Gasteiger partial charge >= 0.3 is 5.97 Å². The van der Waals surface area contributed by atoms with E-state index in [1.54, 1.807) is 0 Å². The van der Waals surface area contributed by atoms with Crippen LogP contribution in [0, 0.1) is 23.2 Å². The van der Waals surface area contributed by atoms with Gasteiger partial charge < -0.3 is 4.74 Å². The van der Waals surface area contributed by atoms with E-state index in [0.29, 0.717) is 11.2 Å². The second-order valence-electron chi connectivity index (χ2n) is 9.97. The van der Waals surface area contributed by atoms with E-state index in [1.165, 1.54) is 51.9 Å². The molecule has 0 radical (unpaired) electrons. The summed E-state index contributed by atoms with van der Waals surface area (Å²) in [6, 6.07) is 16.2. The van der Waals surface area contributed by atoms with Gasteiger partial charge in [0.15, 0.2) is 0 Å². The highest BCUT2D eigenvalue weighted by molar-refractivity contribution is 5.81. The van der Waals surface area contributed by atoms with E-state index in [1.807, 2.05) is 24.3 Å². The Balaban J connectivity index is 1.23. The summed E-state index contributed by atoms with van der Waals surface area (Å²) >= 11 is 0. The Morgan fingerprint density at radius 1 is 0.933 bits per heavy atom. The predicted octanol–water partition coefficient (Wildman–Crippen LogP) is 6.30. The molecule has 0 aromatic heterocycles. The normalized spacial score (nSPS) is 29.8. The van der Waals surface area contributed by atoms with Gasteiger partial charge in [0.2, 0.25) is 0 Å². The molecule has 0 spiro atoms. The predicted molar refractivity (Wildman–Crippen MR) is 121 cm³/mol. The van der Waals surface area contributed by atoms with Crippen LogP contribution in [0.3, 0.4) is 0 Å². The highest BCUT2D eigenvalue weighted by Crippen LogP contribution is 2.57. The van der Waals surface area contributed by atoms with E-state index >= 15 is 0 Å². The van der Waals surface area contributed by atoms with Gasteiger partial charge in [-0.05, 0) is 84.1 Å². The van der Waals surface area contributed by atoms with Crippen molar-refractivity contribution in [2.75, 3.05) is 6.54 Å². The van der Waals surface area contributed by atoms with Crippen molar-refractivity contribution in [2.45, 2.75) is 51.9 Å². The molecule has 0 heterocycles. The number of ether oxygens (including phenoxy) is 1. The Kier molecular flexibility index (Phi) is 5.22. The van der Waals surface area contributed by atoms with Gasteiger partial charge in [-0.2, -0.15) is 0 Å². The highest BCUT2D eigenvalue weighted by Gasteiger charge is 2.48. The van der Waals surface area contributed by atoms with E-state index < -0.39 is 0 Å². The largest absolute Gasteiger partial charge is 0.427 e. The van der Waals surface area contributed by atoms with Gasteiger partial charge in [-0.25, -0.2) is 0 Å². The molecule has 6 rings (SSSR count). The van der Waals surface area contributed by atoms with Crippen LogP contribution in [-0.4, -0.2) is 18.7 Å². The van der Waals surface area contributed by atoms with Crippen LogP contribution in [0.1, 0.15) is 57.4 Å². The first-order valence-electron chi connectivity index (χ1n) is 11.5. The summed E-state index contributed by atoms with van der Waals surface area (Å²) in [6.07, 6.45) is 12.2. The highest BCUT2D eigenvalue weighted by atomic mass is 16.5. The minimum Gasteiger partial charge on any atom is -0.427 e. The van der Waals surface area contributed by atoms with Crippen LogP contribution in [0.25, 0.3) is 11.1 Å². The smallest absolute Gasteiger partial charge is 0.308 e. The minimum atomic E-state index is -0.296. The third-order valence-electron chi connectivity index (χ3n) is 7.51. The average molecular weight is 402 g/mol. The summed E-state index contributed by atoms with van der Waals surface area (Å²) in [5.74, 6) is 3.20. The summed E-state index contributed by atoms with van der Waals surface area (Å²) < 4.78 is 5.11. The first-order chi connectivity index (χ1) is 14.6. The zero-order valence-corrected chi connectivity index (χ0v) is 17.8. The molecule has 3 heteroatoms. The van der Waals surface area contributed by atoms with Gasteiger partial charge in [0.05, 0.1) is 0 Å². The summed E-state index contributed by atoms with van der Waals surface area (Å²) in [7, 11) is 0. The Morgan fingerprint density at radius 2 is 1.50 bits per heavy atom. The molecule has 4 aliphatic rings. The molecule has 0 saturated heterocycles. The molecule has 4 bridgehead atoms. The van der Waals surface area contributed by atoms with Crippen LogP contribution in [0.5, 0.6) is 5.75 Å². The fourth-order valence-corrected chi connectivity index (χ4v) is 6.55. The quantitative estimate of drug-likeness (QED) is 0.335. The van der Waals surface area contributed by atoms with Crippen LogP contribution < -0.4 is 4.74 Å². The lowest BCUT2D eigenvalue weighted by atomic mass is 9.58. The molecule has 2 atom stereocenters. The molecule has 2 aromatic carbocycles. The molecule has 30 heavy (non-hydrogen) atoms. The number of benzene rings is 2. The van der Waals surface area contributed by atoms with Crippen LogP contribution in [0.4, 0.5) is 0 Å². The van der Waals surface area contributed by atoms with Gasteiger partial charge in [-0.1, -0.05) is 49.2 Å². The maximum absolute atomic E-state index is 11.1. The lowest BCUT2D eigenvalue weighted by Crippen LogP contribution is -2.39. The fraction of sp³-hybridized carbons (Fsp3) is 0.481. The summed E-state index contributed by atoms with van der Waals surface area (Å²) in [5, 5.41) is 0. The molecule has 4 fully saturated rings. The molecule has 4 aliphatic carbocycles. The fourth-order valence-electron chi connectivity index (χ4n) is 6.55. The first-order valence-corrected chi connectivity index (χ1v) is 11.5. The number of nitrogens with zero attached hydrogens (tertiary/aromatic N) is 1. The molecule has 0 N–H and O–H groups in total. The van der Waals surface area contributed by atoms with Gasteiger partial charge in [0.25, 0.3) is 0 Å². The van der Waals surface area contributed by atoms with Crippen molar-refractivity contribution in [3.63, 3.8) is 0 Å². The van der Waals surface area contributed by atoms with Crippen molar-refractivity contribution in [2.24, 2.45) is 28.2 Å². The zero-order valence-electron chi connectivity index (χ0n) is 17.8. The van der Waals surface area contributed by atoms with Crippen molar-refractivity contribution in [3.05, 3.63) is 54.1 Å². The minimum absolute atomic E-state index is 0.296. The third-order valence-corrected chi connectivity index (χ3v) is 7.51. The molecular formula is C27H31NO2. The van der Waals surface area contributed by atoms with Gasteiger partial charge in [0, 0.05) is 19.7 Å². The summed E-state index contributed by atoms with van der Waals surface area (Å²) in [5.41, 5.74) is 3.92. The van der Waals surface area contributed by atoms with E-state index in [4.69, 9.17) is 9.73 Å². The summed E-state index contributed by atoms with van der Waals surface area (Å²) in [6.45, 7) is 2.43. The monoisotopic (exact) mass is 401 g/mol. The van der Waals surface area contributed by atoms with Crippen LogP contribution >= 0.6 is 0 Å². The van der Waals surface area contributed by atoms with Gasteiger partial charge in [0.1, 0.15) is 5.75 Å². The summed E-state index contributed by atoms with van der Waals surface area (Å²) in [4.78, 5) is 16.0. The molecule has 3 nitrogen and oxygen atoms in total. The molecular weight excluding hydrogens is 370 g/mol. The Labute approximate surface area is 179 Å². The van der Waals surface area contributed by atoms with Crippen molar-refractivity contribution >= 4 is 12.2 Å². The number of fused-ring (bicyclic) bond motifs is 1. The lowest BCUT2D eigenvalue weighted by molar-refractivity contribution is -0.131. The van der Waals surface area contributed by atoms with Crippen molar-refractivity contribution < 1.29 is 9.53 Å². The number of rotatable bonds is 5. The maximum atomic E-state index is 11.1. The van der Waals surface area contributed by atoms with Crippen molar-refractivity contribution in [1.82, 2.24) is 0 Å². The average Bonchev–Trinajstić information content (AvgIpc) is 2.94. The van der Waals surface area contributed by atoms with Crippen molar-refractivity contribution in [3.8, 4) is 16.9 Å². The Hall–Kier alpha value is -2.42. The van der Waals surface area contributed by atoms with Gasteiger partial charge in [-0.3, -0.25) is 9.79 Å². The topological polar surface area (TPSA) is 38.7 Å². The van der Waals surface area contributed by atoms with E-state index in [2.05, 4.69) is 30.5 Å². The number of esters is 1. The molecule has 0 amide bonds. The molecule has 4 saturated carbocycles. The van der Waals surface area contributed by atoms with E-state index in [9.17, 15) is 4.79 Å². The standard InChI is InChI=1S/C27H31NO2/c1-19(29)30-26-10-8-25(9-11-26)24-6-4-20(5-7-24)17-28-18-27-14-21-2-3-22(15-27)13-23(12-21)16-27/h4-11,17,21-23H,2-3,12-16,18H2,1H3. The van der Waals surface area contributed by atoms with E-state index in [-0.39, 0.29) is 5.97 Å². The lowest BCUT2D eigenvalue weighted by Gasteiger charge is -2.47. The molecule has 0 aliphatic heterocycles.